The molecule has 6 nitrogen and oxygen atoms in total. The number of hydrogen-bond donors (Lipinski definition) is 2. The topological polar surface area (TPSA) is 84.5 Å². The predicted octanol–water partition coefficient (Wildman–Crippen LogP) is 1.35. The number of urea groups is 1. The van der Waals surface area contributed by atoms with Gasteiger partial charge in [-0.3, -0.25) is 14.9 Å². The van der Waals surface area contributed by atoms with Crippen molar-refractivity contribution in [3.63, 3.8) is 0 Å². The van der Waals surface area contributed by atoms with Gasteiger partial charge in [0.05, 0.1) is 5.41 Å². The van der Waals surface area contributed by atoms with E-state index in [1.54, 1.807) is 13.8 Å². The van der Waals surface area contributed by atoms with E-state index < -0.39 is 29.4 Å². The summed E-state index contributed by atoms with van der Waals surface area (Å²) >= 11 is 0. The Kier molecular flexibility index (Phi) is 5.46. The Balaban J connectivity index is 2.72. The minimum atomic E-state index is -1.06. The molecule has 0 fully saturated rings. The summed E-state index contributed by atoms with van der Waals surface area (Å²) < 4.78 is 5.15. The van der Waals surface area contributed by atoms with Crippen LogP contribution in [0.4, 0.5) is 4.79 Å². The molecule has 1 aromatic carbocycles. The van der Waals surface area contributed by atoms with Crippen LogP contribution in [0.2, 0.25) is 0 Å². The maximum Gasteiger partial charge on any atom is 0.321 e. The van der Waals surface area contributed by atoms with Crippen molar-refractivity contribution in [2.24, 2.45) is 0 Å². The lowest BCUT2D eigenvalue weighted by Gasteiger charge is -2.25. The van der Waals surface area contributed by atoms with Crippen molar-refractivity contribution in [3.8, 4) is 0 Å². The third-order valence-electron chi connectivity index (χ3n) is 3.12. The Morgan fingerprint density at radius 1 is 1.14 bits per heavy atom. The number of carbonyl (C=O) groups is 3. The van der Waals surface area contributed by atoms with Gasteiger partial charge in [-0.2, -0.15) is 0 Å². The lowest BCUT2D eigenvalue weighted by molar-refractivity contribution is -0.159. The summed E-state index contributed by atoms with van der Waals surface area (Å²) in [7, 11) is 1.39. The minimum absolute atomic E-state index is 0.534. The molecule has 0 aliphatic carbocycles. The zero-order valence-electron chi connectivity index (χ0n) is 12.6. The fraction of sp³-hybridized carbons (Fsp3) is 0.400. The SMILES string of the molecule is CNC(=O)NC(=O)[C@H](C)OC(=O)C(C)(C)c1ccccc1. The van der Waals surface area contributed by atoms with Crippen molar-refractivity contribution in [1.29, 1.82) is 0 Å². The van der Waals surface area contributed by atoms with Gasteiger partial charge in [0.25, 0.3) is 5.91 Å². The van der Waals surface area contributed by atoms with Crippen LogP contribution in [0.5, 0.6) is 0 Å². The Bertz CT molecular complexity index is 526. The number of amides is 3. The zero-order valence-corrected chi connectivity index (χ0v) is 12.6. The largest absolute Gasteiger partial charge is 0.452 e. The molecule has 2 N–H and O–H groups in total. The molecule has 0 radical (unpaired) electrons. The van der Waals surface area contributed by atoms with Crippen LogP contribution >= 0.6 is 0 Å². The van der Waals surface area contributed by atoms with Crippen LogP contribution in [0.15, 0.2) is 30.3 Å². The summed E-state index contributed by atoms with van der Waals surface area (Å²) in [5, 5.41) is 4.31. The van der Waals surface area contributed by atoms with Crippen LogP contribution < -0.4 is 10.6 Å². The van der Waals surface area contributed by atoms with Crippen molar-refractivity contribution in [3.05, 3.63) is 35.9 Å². The van der Waals surface area contributed by atoms with Crippen LogP contribution in [0.25, 0.3) is 0 Å². The molecule has 0 saturated heterocycles. The van der Waals surface area contributed by atoms with Gasteiger partial charge in [-0.05, 0) is 26.3 Å². The van der Waals surface area contributed by atoms with Gasteiger partial charge in [-0.25, -0.2) is 4.79 Å². The first-order valence-corrected chi connectivity index (χ1v) is 6.58. The maximum atomic E-state index is 12.2. The van der Waals surface area contributed by atoms with Crippen LogP contribution in [-0.4, -0.2) is 31.1 Å². The van der Waals surface area contributed by atoms with Gasteiger partial charge in [0.15, 0.2) is 6.10 Å². The number of benzene rings is 1. The molecule has 0 aromatic heterocycles. The van der Waals surface area contributed by atoms with Gasteiger partial charge in [0, 0.05) is 7.05 Å². The third-order valence-corrected chi connectivity index (χ3v) is 3.12. The van der Waals surface area contributed by atoms with E-state index in [9.17, 15) is 14.4 Å². The Hall–Kier alpha value is -2.37. The molecule has 0 aliphatic heterocycles. The predicted molar refractivity (Wildman–Crippen MR) is 77.6 cm³/mol. The summed E-state index contributed by atoms with van der Waals surface area (Å²) in [6.07, 6.45) is -1.06. The summed E-state index contributed by atoms with van der Waals surface area (Å²) in [5.74, 6) is -1.21. The first-order valence-electron chi connectivity index (χ1n) is 6.58. The van der Waals surface area contributed by atoms with E-state index in [2.05, 4.69) is 10.6 Å². The van der Waals surface area contributed by atoms with Gasteiger partial charge in [0.1, 0.15) is 0 Å². The average Bonchev–Trinajstić information content (AvgIpc) is 2.47. The molecule has 1 atom stereocenters. The highest BCUT2D eigenvalue weighted by Crippen LogP contribution is 2.25. The molecular weight excluding hydrogens is 272 g/mol. The Morgan fingerprint density at radius 3 is 2.24 bits per heavy atom. The average molecular weight is 292 g/mol. The fourth-order valence-electron chi connectivity index (χ4n) is 1.61. The molecule has 0 spiro atoms. The standard InChI is InChI=1S/C15H20N2O4/c1-10(12(18)17-14(20)16-4)21-13(19)15(2,3)11-8-6-5-7-9-11/h5-10H,1-4H3,(H2,16,17,18,20)/t10-/m0/s1. The molecule has 0 saturated carbocycles. The Labute approximate surface area is 123 Å². The number of rotatable bonds is 4. The van der Waals surface area contributed by atoms with Crippen molar-refractivity contribution in [2.45, 2.75) is 32.3 Å². The van der Waals surface area contributed by atoms with Gasteiger partial charge in [-0.1, -0.05) is 30.3 Å². The number of carbonyl (C=O) groups excluding carboxylic acids is 3. The van der Waals surface area contributed by atoms with E-state index in [0.29, 0.717) is 0 Å². The van der Waals surface area contributed by atoms with Crippen molar-refractivity contribution < 1.29 is 19.1 Å². The molecular formula is C15H20N2O4. The molecule has 114 valence electrons. The van der Waals surface area contributed by atoms with Crippen LogP contribution in [0, 0.1) is 0 Å². The van der Waals surface area contributed by atoms with E-state index in [1.165, 1.54) is 14.0 Å². The van der Waals surface area contributed by atoms with E-state index in [0.717, 1.165) is 5.56 Å². The molecule has 1 aromatic rings. The number of imide groups is 1. The fourth-order valence-corrected chi connectivity index (χ4v) is 1.61. The quantitative estimate of drug-likeness (QED) is 0.820. The van der Waals surface area contributed by atoms with Gasteiger partial charge in [0.2, 0.25) is 0 Å². The number of esters is 1. The maximum absolute atomic E-state index is 12.2. The highest BCUT2D eigenvalue weighted by Gasteiger charge is 2.33. The molecule has 3 amide bonds. The van der Waals surface area contributed by atoms with E-state index >= 15 is 0 Å². The van der Waals surface area contributed by atoms with Crippen molar-refractivity contribution in [2.75, 3.05) is 7.05 Å². The van der Waals surface area contributed by atoms with Gasteiger partial charge in [-0.15, -0.1) is 0 Å². The monoisotopic (exact) mass is 292 g/mol. The lowest BCUT2D eigenvalue weighted by Crippen LogP contribution is -2.45. The molecule has 0 heterocycles. The number of ether oxygens (including phenoxy) is 1. The van der Waals surface area contributed by atoms with Crippen molar-refractivity contribution >= 4 is 17.9 Å². The molecule has 1 rings (SSSR count). The van der Waals surface area contributed by atoms with E-state index in [1.807, 2.05) is 30.3 Å². The van der Waals surface area contributed by atoms with Crippen molar-refractivity contribution in [1.82, 2.24) is 10.6 Å². The molecule has 0 bridgehead atoms. The van der Waals surface area contributed by atoms with Crippen LogP contribution in [-0.2, 0) is 19.7 Å². The number of nitrogens with one attached hydrogen (secondary N) is 2. The smallest absolute Gasteiger partial charge is 0.321 e. The summed E-state index contributed by atoms with van der Waals surface area (Å²) in [6.45, 7) is 4.85. The Morgan fingerprint density at radius 2 is 1.71 bits per heavy atom. The summed E-state index contributed by atoms with van der Waals surface area (Å²) in [4.78, 5) is 34.9. The summed E-state index contributed by atoms with van der Waals surface area (Å²) in [6, 6.07) is 8.49. The second-order valence-corrected chi connectivity index (χ2v) is 5.11. The second kappa shape index (κ2) is 6.88. The summed E-state index contributed by atoms with van der Waals surface area (Å²) in [5.41, 5.74) is -0.100. The van der Waals surface area contributed by atoms with Gasteiger partial charge >= 0.3 is 12.0 Å². The van der Waals surface area contributed by atoms with E-state index in [-0.39, 0.29) is 0 Å². The third kappa shape index (κ3) is 4.30. The highest BCUT2D eigenvalue weighted by molar-refractivity contribution is 5.97. The van der Waals surface area contributed by atoms with E-state index in [4.69, 9.17) is 4.74 Å². The van der Waals surface area contributed by atoms with Crippen LogP contribution in [0.3, 0.4) is 0 Å². The normalized spacial score (nSPS) is 12.2. The lowest BCUT2D eigenvalue weighted by atomic mass is 9.85. The molecule has 0 unspecified atom stereocenters. The second-order valence-electron chi connectivity index (χ2n) is 5.11. The number of hydrogen-bond acceptors (Lipinski definition) is 4. The molecule has 21 heavy (non-hydrogen) atoms. The highest BCUT2D eigenvalue weighted by atomic mass is 16.5. The zero-order chi connectivity index (χ0) is 16.0. The first-order chi connectivity index (χ1) is 9.78. The molecule has 0 aliphatic rings. The minimum Gasteiger partial charge on any atom is -0.452 e. The van der Waals surface area contributed by atoms with Gasteiger partial charge < -0.3 is 10.1 Å². The first kappa shape index (κ1) is 16.7. The molecule has 6 heteroatoms. The van der Waals surface area contributed by atoms with Crippen LogP contribution in [0.1, 0.15) is 26.3 Å².